The van der Waals surface area contributed by atoms with E-state index in [0.29, 0.717) is 17.7 Å². The smallest absolute Gasteiger partial charge is 0.419 e. The van der Waals surface area contributed by atoms with Gasteiger partial charge in [0.05, 0.1) is 10.0 Å². The van der Waals surface area contributed by atoms with E-state index in [9.17, 15) is 22.0 Å². The molecule has 0 aliphatic heterocycles. The van der Waals surface area contributed by atoms with Crippen LogP contribution in [-0.2, 0) is 12.8 Å². The van der Waals surface area contributed by atoms with Gasteiger partial charge in [0.2, 0.25) is 0 Å². The lowest BCUT2D eigenvalue weighted by Gasteiger charge is -2.11. The van der Waals surface area contributed by atoms with Crippen molar-refractivity contribution in [1.82, 2.24) is 0 Å². The van der Waals surface area contributed by atoms with Crippen LogP contribution in [0.3, 0.4) is 0 Å². The molecule has 1 nitrogen and oxygen atoms in total. The number of halogens is 6. The Morgan fingerprint density at radius 2 is 1.62 bits per heavy atom. The maximum Gasteiger partial charge on any atom is 0.419 e. The summed E-state index contributed by atoms with van der Waals surface area (Å²) in [5.74, 6) is -1.94. The van der Waals surface area contributed by atoms with E-state index in [0.717, 1.165) is 6.07 Å². The summed E-state index contributed by atoms with van der Waals surface area (Å²) in [6.07, 6.45) is -4.79. The third kappa shape index (κ3) is 3.93. The molecule has 7 heteroatoms. The Bertz CT molecular complexity index is 654. The molecular weight excluding hydrogens is 359 g/mol. The van der Waals surface area contributed by atoms with Gasteiger partial charge in [-0.05, 0) is 51.8 Å². The molecule has 0 saturated carbocycles. The first-order valence-corrected chi connectivity index (χ1v) is 6.50. The maximum absolute atomic E-state index is 13.1. The summed E-state index contributed by atoms with van der Waals surface area (Å²) in [6.45, 7) is -0.0676. The summed E-state index contributed by atoms with van der Waals surface area (Å²) in [6, 6.07) is 6.47. The highest BCUT2D eigenvalue weighted by molar-refractivity contribution is 9.10. The quantitative estimate of drug-likeness (QED) is 0.667. The molecule has 0 aromatic heterocycles. The lowest BCUT2D eigenvalue weighted by Crippen LogP contribution is -2.08. The summed E-state index contributed by atoms with van der Waals surface area (Å²) in [5, 5.41) is 0. The standard InChI is InChI=1S/C14H8BrF5O/c15-11-5-8(1-3-13(11)17)7-21-9-2-4-12(16)10(6-9)14(18,19)20/h1-6H,7H2. The van der Waals surface area contributed by atoms with Gasteiger partial charge >= 0.3 is 6.18 Å². The molecule has 0 atom stereocenters. The molecule has 2 aromatic carbocycles. The van der Waals surface area contributed by atoms with E-state index in [4.69, 9.17) is 4.74 Å². The van der Waals surface area contributed by atoms with Crippen molar-refractivity contribution in [3.8, 4) is 5.75 Å². The van der Waals surface area contributed by atoms with Crippen LogP contribution in [0.25, 0.3) is 0 Å². The second-order valence-electron chi connectivity index (χ2n) is 4.18. The van der Waals surface area contributed by atoms with Crippen LogP contribution in [0.1, 0.15) is 11.1 Å². The Balaban J connectivity index is 2.15. The molecule has 2 rings (SSSR count). The number of rotatable bonds is 3. The van der Waals surface area contributed by atoms with Gasteiger partial charge in [0, 0.05) is 0 Å². The molecule has 0 N–H and O–H groups in total. The van der Waals surface area contributed by atoms with Crippen LogP contribution in [0.4, 0.5) is 22.0 Å². The van der Waals surface area contributed by atoms with Crippen molar-refractivity contribution in [1.29, 1.82) is 0 Å². The zero-order valence-corrected chi connectivity index (χ0v) is 11.9. The summed E-state index contributed by atoms with van der Waals surface area (Å²) in [5.41, 5.74) is -0.832. The Morgan fingerprint density at radius 1 is 0.952 bits per heavy atom. The van der Waals surface area contributed by atoms with E-state index in [1.807, 2.05) is 0 Å². The Morgan fingerprint density at radius 3 is 2.24 bits per heavy atom. The van der Waals surface area contributed by atoms with Crippen molar-refractivity contribution in [2.24, 2.45) is 0 Å². The third-order valence-electron chi connectivity index (χ3n) is 2.63. The lowest BCUT2D eigenvalue weighted by molar-refractivity contribution is -0.140. The molecule has 0 saturated heterocycles. The topological polar surface area (TPSA) is 9.23 Å². The average Bonchev–Trinajstić information content (AvgIpc) is 2.40. The molecule has 0 amide bonds. The molecule has 0 fully saturated rings. The number of ether oxygens (including phenoxy) is 1. The monoisotopic (exact) mass is 366 g/mol. The van der Waals surface area contributed by atoms with Crippen LogP contribution in [0.2, 0.25) is 0 Å². The average molecular weight is 367 g/mol. The van der Waals surface area contributed by atoms with E-state index in [2.05, 4.69) is 15.9 Å². The van der Waals surface area contributed by atoms with E-state index in [-0.39, 0.29) is 16.8 Å². The van der Waals surface area contributed by atoms with Gasteiger partial charge in [0.25, 0.3) is 0 Å². The van der Waals surface area contributed by atoms with Crippen LogP contribution < -0.4 is 4.74 Å². The SMILES string of the molecule is Fc1ccc(COc2ccc(F)c(C(F)(F)F)c2)cc1Br. The predicted octanol–water partition coefficient (Wildman–Crippen LogP) is 5.33. The minimum absolute atomic E-state index is 0.0676. The molecule has 0 radical (unpaired) electrons. The highest BCUT2D eigenvalue weighted by Gasteiger charge is 2.34. The van der Waals surface area contributed by atoms with Crippen molar-refractivity contribution in [2.45, 2.75) is 12.8 Å². The molecule has 112 valence electrons. The first kappa shape index (κ1) is 15.8. The molecule has 0 heterocycles. The van der Waals surface area contributed by atoms with Crippen molar-refractivity contribution in [3.05, 3.63) is 63.6 Å². The number of hydrogen-bond acceptors (Lipinski definition) is 1. The predicted molar refractivity (Wildman–Crippen MR) is 69.8 cm³/mol. The van der Waals surface area contributed by atoms with Crippen LogP contribution in [0.15, 0.2) is 40.9 Å². The van der Waals surface area contributed by atoms with Crippen molar-refractivity contribution in [3.63, 3.8) is 0 Å². The third-order valence-corrected chi connectivity index (χ3v) is 3.24. The molecule has 21 heavy (non-hydrogen) atoms. The molecule has 0 spiro atoms. The zero-order chi connectivity index (χ0) is 15.6. The first-order valence-electron chi connectivity index (χ1n) is 5.71. The van der Waals surface area contributed by atoms with Crippen LogP contribution in [-0.4, -0.2) is 0 Å². The fraction of sp³-hybridized carbons (Fsp3) is 0.143. The largest absolute Gasteiger partial charge is 0.489 e. The fourth-order valence-electron chi connectivity index (χ4n) is 1.61. The molecule has 0 aliphatic rings. The van der Waals surface area contributed by atoms with Gasteiger partial charge in [-0.25, -0.2) is 8.78 Å². The molecule has 0 bridgehead atoms. The van der Waals surface area contributed by atoms with Crippen LogP contribution in [0.5, 0.6) is 5.75 Å². The van der Waals surface area contributed by atoms with E-state index in [1.165, 1.54) is 18.2 Å². The molecule has 2 aromatic rings. The number of alkyl halides is 3. The highest BCUT2D eigenvalue weighted by Crippen LogP contribution is 2.33. The Hall–Kier alpha value is -1.63. The number of hydrogen-bond donors (Lipinski definition) is 0. The summed E-state index contributed by atoms with van der Waals surface area (Å²) in [4.78, 5) is 0. The summed E-state index contributed by atoms with van der Waals surface area (Å²) < 4.78 is 69.2. The maximum atomic E-state index is 13.1. The Labute approximate surface area is 125 Å². The van der Waals surface area contributed by atoms with Crippen LogP contribution in [0, 0.1) is 11.6 Å². The molecule has 0 aliphatic carbocycles. The van der Waals surface area contributed by atoms with Crippen molar-refractivity contribution < 1.29 is 26.7 Å². The molecular formula is C14H8BrF5O. The van der Waals surface area contributed by atoms with Gasteiger partial charge < -0.3 is 4.74 Å². The second kappa shape index (κ2) is 6.01. The van der Waals surface area contributed by atoms with Gasteiger partial charge in [-0.2, -0.15) is 13.2 Å². The minimum atomic E-state index is -4.79. The van der Waals surface area contributed by atoms with Gasteiger partial charge in [0.15, 0.2) is 0 Å². The van der Waals surface area contributed by atoms with Crippen LogP contribution >= 0.6 is 15.9 Å². The fourth-order valence-corrected chi connectivity index (χ4v) is 2.03. The Kier molecular flexibility index (Phi) is 4.51. The molecule has 0 unspecified atom stereocenters. The van der Waals surface area contributed by atoms with E-state index >= 15 is 0 Å². The second-order valence-corrected chi connectivity index (χ2v) is 5.03. The van der Waals surface area contributed by atoms with Gasteiger partial charge in [-0.1, -0.05) is 6.07 Å². The van der Waals surface area contributed by atoms with Crippen molar-refractivity contribution >= 4 is 15.9 Å². The van der Waals surface area contributed by atoms with Gasteiger partial charge in [-0.15, -0.1) is 0 Å². The van der Waals surface area contributed by atoms with E-state index < -0.39 is 23.4 Å². The van der Waals surface area contributed by atoms with Crippen molar-refractivity contribution in [2.75, 3.05) is 0 Å². The lowest BCUT2D eigenvalue weighted by atomic mass is 10.2. The van der Waals surface area contributed by atoms with E-state index in [1.54, 1.807) is 0 Å². The summed E-state index contributed by atoms with van der Waals surface area (Å²) in [7, 11) is 0. The zero-order valence-electron chi connectivity index (χ0n) is 10.3. The normalized spacial score (nSPS) is 11.5. The van der Waals surface area contributed by atoms with Gasteiger partial charge in [0.1, 0.15) is 24.0 Å². The first-order chi connectivity index (χ1) is 9.77. The summed E-state index contributed by atoms with van der Waals surface area (Å²) >= 11 is 2.99. The minimum Gasteiger partial charge on any atom is -0.489 e. The van der Waals surface area contributed by atoms with Gasteiger partial charge in [-0.3, -0.25) is 0 Å². The highest BCUT2D eigenvalue weighted by atomic mass is 79.9. The number of benzene rings is 2.